The number of allylic oxidation sites excluding steroid dienone is 2. The summed E-state index contributed by atoms with van der Waals surface area (Å²) in [4.78, 5) is 0. The first-order valence-electron chi connectivity index (χ1n) is 2.36. The Morgan fingerprint density at radius 3 is 2.00 bits per heavy atom. The molecule has 0 amide bonds. The lowest BCUT2D eigenvalue weighted by Gasteiger charge is -2.10. The molecular weight excluding hydrogens is 72.1 g/mol. The van der Waals surface area contributed by atoms with E-state index in [0.717, 1.165) is 0 Å². The van der Waals surface area contributed by atoms with Crippen LogP contribution in [0.1, 0.15) is 19.8 Å². The molecule has 34 valence electrons. The lowest BCUT2D eigenvalue weighted by atomic mass is 10.1. The zero-order valence-corrected chi connectivity index (χ0v) is 4.07. The highest BCUT2D eigenvalue weighted by molar-refractivity contribution is 5.07. The number of hydrogen-bond acceptors (Lipinski definition) is 0. The lowest BCUT2D eigenvalue weighted by molar-refractivity contribution is 0.967. The van der Waals surface area contributed by atoms with Crippen molar-refractivity contribution >= 4 is 0 Å². The Kier molecular flexibility index (Phi) is 0.952. The first kappa shape index (κ1) is 3.91. The van der Waals surface area contributed by atoms with Gasteiger partial charge in [0.25, 0.3) is 0 Å². The van der Waals surface area contributed by atoms with E-state index in [1.807, 2.05) is 0 Å². The fraction of sp³-hybridized carbons (Fsp3) is 0.500. The Bertz CT molecular complexity index is 54.4. The van der Waals surface area contributed by atoms with Crippen molar-refractivity contribution in [2.75, 3.05) is 0 Å². The maximum Gasteiger partial charge on any atom is -0.121 e. The Balaban J connectivity index is 2.32. The van der Waals surface area contributed by atoms with E-state index in [1.165, 1.54) is 12.8 Å². The van der Waals surface area contributed by atoms with Gasteiger partial charge in [-0.25, -0.2) is 0 Å². The number of hydrogen-bond donors (Lipinski definition) is 0. The van der Waals surface area contributed by atoms with Crippen molar-refractivity contribution in [2.24, 2.45) is 0 Å². The highest BCUT2D eigenvalue weighted by Crippen LogP contribution is 2.17. The predicted molar refractivity (Wildman–Crippen MR) is 27.3 cm³/mol. The zero-order valence-electron chi connectivity index (χ0n) is 4.07. The molecule has 0 N–H and O–H groups in total. The summed E-state index contributed by atoms with van der Waals surface area (Å²) in [5, 5.41) is 0. The van der Waals surface area contributed by atoms with E-state index in [9.17, 15) is 0 Å². The van der Waals surface area contributed by atoms with Crippen LogP contribution >= 0.6 is 0 Å². The molecule has 0 spiro atoms. The van der Waals surface area contributed by atoms with Crippen LogP contribution < -0.4 is 0 Å². The molecule has 1 rings (SSSR count). The Labute approximate surface area is 38.9 Å². The Hall–Kier alpha value is -0.260. The van der Waals surface area contributed by atoms with Gasteiger partial charge in [0.2, 0.25) is 0 Å². The van der Waals surface area contributed by atoms with Gasteiger partial charge < -0.3 is 5.92 Å². The van der Waals surface area contributed by atoms with Crippen LogP contribution in [0.15, 0.2) is 12.2 Å². The summed E-state index contributed by atoms with van der Waals surface area (Å²) in [6.45, 7) is 2.19. The summed E-state index contributed by atoms with van der Waals surface area (Å²) in [5.74, 6) is 1.59. The van der Waals surface area contributed by atoms with Crippen molar-refractivity contribution in [3.8, 4) is 0 Å². The average molecular weight is 81.1 g/mol. The molecule has 0 saturated carbocycles. The van der Waals surface area contributed by atoms with Crippen LogP contribution in [-0.2, 0) is 0 Å². The molecule has 1 aliphatic rings. The molecule has 0 aromatic heterocycles. The third kappa shape index (κ3) is 0.618. The van der Waals surface area contributed by atoms with Gasteiger partial charge in [-0.15, -0.1) is 12.2 Å². The molecule has 0 aromatic rings. The van der Waals surface area contributed by atoms with E-state index >= 15 is 0 Å². The van der Waals surface area contributed by atoms with E-state index in [4.69, 9.17) is 0 Å². The molecule has 0 saturated heterocycles. The monoisotopic (exact) mass is 81.1 g/mol. The largest absolute Gasteiger partial charge is 0.309 e. The predicted octanol–water partition coefficient (Wildman–Crippen LogP) is 1.93. The van der Waals surface area contributed by atoms with Crippen LogP contribution in [-0.4, -0.2) is 0 Å². The second kappa shape index (κ2) is 1.46. The minimum Gasteiger partial charge on any atom is -0.309 e. The average Bonchev–Trinajstić information content (AvgIpc) is 1.86. The van der Waals surface area contributed by atoms with Gasteiger partial charge in [0.1, 0.15) is 0 Å². The lowest BCUT2D eigenvalue weighted by Crippen LogP contribution is -1.76. The molecule has 0 heterocycles. The van der Waals surface area contributed by atoms with Crippen LogP contribution in [0, 0.1) is 5.92 Å². The molecule has 1 aliphatic carbocycles. The standard InChI is InChI=1S/C6H9/c1-6-4-2-3-5-6/h2-3H,4-5H2,1H3/q-1. The molecule has 6 heavy (non-hydrogen) atoms. The van der Waals surface area contributed by atoms with Crippen LogP contribution in [0.4, 0.5) is 0 Å². The summed E-state index contributed by atoms with van der Waals surface area (Å²) in [7, 11) is 0. The fourth-order valence-corrected chi connectivity index (χ4v) is 0.652. The first-order valence-corrected chi connectivity index (χ1v) is 2.36. The molecule has 0 bridgehead atoms. The van der Waals surface area contributed by atoms with Crippen LogP contribution in [0.3, 0.4) is 0 Å². The van der Waals surface area contributed by atoms with Gasteiger partial charge in [-0.2, -0.15) is 19.8 Å². The molecule has 0 unspecified atom stereocenters. The van der Waals surface area contributed by atoms with E-state index in [1.54, 1.807) is 5.92 Å². The van der Waals surface area contributed by atoms with Crippen molar-refractivity contribution in [1.29, 1.82) is 0 Å². The van der Waals surface area contributed by atoms with Crippen molar-refractivity contribution < 1.29 is 0 Å². The SMILES string of the molecule is C[C-]1CC=CC1. The molecule has 0 atom stereocenters. The quantitative estimate of drug-likeness (QED) is 0.309. The maximum atomic E-state index is 2.22. The van der Waals surface area contributed by atoms with Crippen molar-refractivity contribution in [2.45, 2.75) is 19.8 Å². The van der Waals surface area contributed by atoms with Gasteiger partial charge in [-0.1, -0.05) is 0 Å². The Morgan fingerprint density at radius 1 is 1.33 bits per heavy atom. The molecule has 0 nitrogen and oxygen atoms in total. The zero-order chi connectivity index (χ0) is 4.41. The molecule has 0 aromatic carbocycles. The third-order valence-corrected chi connectivity index (χ3v) is 1.10. The Morgan fingerprint density at radius 2 is 1.83 bits per heavy atom. The summed E-state index contributed by atoms with van der Waals surface area (Å²) >= 11 is 0. The van der Waals surface area contributed by atoms with E-state index in [-0.39, 0.29) is 0 Å². The fourth-order valence-electron chi connectivity index (χ4n) is 0.652. The van der Waals surface area contributed by atoms with Gasteiger partial charge in [0.15, 0.2) is 0 Å². The van der Waals surface area contributed by atoms with Gasteiger partial charge in [0.05, 0.1) is 0 Å². The van der Waals surface area contributed by atoms with Crippen molar-refractivity contribution in [1.82, 2.24) is 0 Å². The van der Waals surface area contributed by atoms with Gasteiger partial charge >= 0.3 is 0 Å². The van der Waals surface area contributed by atoms with Crippen LogP contribution in [0.25, 0.3) is 0 Å². The number of rotatable bonds is 0. The van der Waals surface area contributed by atoms with E-state index < -0.39 is 0 Å². The maximum absolute atomic E-state index is 2.22. The van der Waals surface area contributed by atoms with Crippen molar-refractivity contribution in [3.63, 3.8) is 0 Å². The highest BCUT2D eigenvalue weighted by atomic mass is 14.1. The normalized spacial score (nSPS) is 22.8. The molecule has 0 heteroatoms. The van der Waals surface area contributed by atoms with Gasteiger partial charge in [0, 0.05) is 0 Å². The van der Waals surface area contributed by atoms with E-state index in [2.05, 4.69) is 19.1 Å². The highest BCUT2D eigenvalue weighted by Gasteiger charge is 1.85. The molecule has 0 aliphatic heterocycles. The van der Waals surface area contributed by atoms with Gasteiger partial charge in [-0.3, -0.25) is 0 Å². The van der Waals surface area contributed by atoms with Crippen molar-refractivity contribution in [3.05, 3.63) is 18.1 Å². The minimum atomic E-state index is 1.22. The second-order valence-electron chi connectivity index (χ2n) is 1.84. The van der Waals surface area contributed by atoms with Crippen LogP contribution in [0.5, 0.6) is 0 Å². The molecule has 0 fully saturated rings. The third-order valence-electron chi connectivity index (χ3n) is 1.10. The molecule has 0 radical (unpaired) electrons. The summed E-state index contributed by atoms with van der Waals surface area (Å²) in [5.41, 5.74) is 0. The van der Waals surface area contributed by atoms with E-state index in [0.29, 0.717) is 0 Å². The first-order chi connectivity index (χ1) is 2.89. The summed E-state index contributed by atoms with van der Waals surface area (Å²) in [6, 6.07) is 0. The topological polar surface area (TPSA) is 0 Å². The summed E-state index contributed by atoms with van der Waals surface area (Å²) < 4.78 is 0. The second-order valence-corrected chi connectivity index (χ2v) is 1.84. The van der Waals surface area contributed by atoms with Gasteiger partial charge in [-0.05, 0) is 0 Å². The molecular formula is C6H9-. The van der Waals surface area contributed by atoms with Crippen LogP contribution in [0.2, 0.25) is 0 Å². The smallest absolute Gasteiger partial charge is 0.121 e. The summed E-state index contributed by atoms with van der Waals surface area (Å²) in [6.07, 6.45) is 6.88. The minimum absolute atomic E-state index is 1.22.